The highest BCUT2D eigenvalue weighted by atomic mass is 16.6. The Morgan fingerprint density at radius 1 is 1.09 bits per heavy atom. The van der Waals surface area contributed by atoms with Crippen molar-refractivity contribution in [3.8, 4) is 11.5 Å². The van der Waals surface area contributed by atoms with Crippen molar-refractivity contribution < 1.29 is 14.4 Å². The van der Waals surface area contributed by atoms with Crippen molar-refractivity contribution >= 4 is 28.8 Å². The van der Waals surface area contributed by atoms with Gasteiger partial charge in [0.25, 0.3) is 11.2 Å². The van der Waals surface area contributed by atoms with Gasteiger partial charge in [0.05, 0.1) is 28.6 Å². The quantitative estimate of drug-likeness (QED) is 0.217. The van der Waals surface area contributed by atoms with Crippen LogP contribution in [-0.4, -0.2) is 27.7 Å². The normalized spacial score (nSPS) is 11.0. The molecule has 10 heteroatoms. The van der Waals surface area contributed by atoms with E-state index in [1.54, 1.807) is 54.7 Å². The molecule has 0 saturated carbocycles. The van der Waals surface area contributed by atoms with Crippen molar-refractivity contribution in [1.82, 2.24) is 9.97 Å². The second-order valence-electron chi connectivity index (χ2n) is 7.15. The molecule has 0 bridgehead atoms. The lowest BCUT2D eigenvalue weighted by Gasteiger charge is -2.12. The zero-order valence-electron chi connectivity index (χ0n) is 18.2. The van der Waals surface area contributed by atoms with E-state index in [0.717, 1.165) is 11.1 Å². The number of hydrogen-bond donors (Lipinski definition) is 2. The molecular weight excluding hydrogens is 438 g/mol. The van der Waals surface area contributed by atoms with Gasteiger partial charge >= 0.3 is 0 Å². The molecule has 2 N–H and O–H groups in total. The van der Waals surface area contributed by atoms with Crippen LogP contribution in [0.4, 0.5) is 11.6 Å². The molecule has 0 aliphatic rings. The Labute approximate surface area is 194 Å². The number of non-ortho nitro benzene ring substituents is 1. The number of nitro benzene ring substituents is 1. The number of para-hydroxylation sites is 1. The van der Waals surface area contributed by atoms with Crippen LogP contribution in [-0.2, 0) is 6.61 Å². The van der Waals surface area contributed by atoms with Crippen LogP contribution in [0.1, 0.15) is 18.1 Å². The van der Waals surface area contributed by atoms with Crippen molar-refractivity contribution in [2.24, 2.45) is 5.10 Å². The van der Waals surface area contributed by atoms with Gasteiger partial charge < -0.3 is 9.47 Å². The van der Waals surface area contributed by atoms with Gasteiger partial charge in [-0.25, -0.2) is 10.4 Å². The Morgan fingerprint density at radius 3 is 2.65 bits per heavy atom. The van der Waals surface area contributed by atoms with Crippen molar-refractivity contribution in [2.45, 2.75) is 13.5 Å². The molecule has 0 atom stereocenters. The van der Waals surface area contributed by atoms with Crippen molar-refractivity contribution in [2.75, 3.05) is 12.0 Å². The number of benzene rings is 3. The Hall–Kier alpha value is -4.73. The zero-order chi connectivity index (χ0) is 23.9. The van der Waals surface area contributed by atoms with Crippen LogP contribution in [0, 0.1) is 10.1 Å². The van der Waals surface area contributed by atoms with Crippen LogP contribution in [0.5, 0.6) is 11.5 Å². The molecule has 0 radical (unpaired) electrons. The first-order chi connectivity index (χ1) is 16.5. The largest absolute Gasteiger partial charge is 0.490 e. The lowest BCUT2D eigenvalue weighted by atomic mass is 10.2. The number of nitrogens with zero attached hydrogens (tertiary/aromatic N) is 3. The smallest absolute Gasteiger partial charge is 0.269 e. The van der Waals surface area contributed by atoms with E-state index in [-0.39, 0.29) is 23.8 Å². The SMILES string of the molecule is CCOc1cc(/C=N\Nc2nc3ccccc3c(=O)[nH]2)ccc1OCc1ccc([N+](=O)[O-])cc1. The minimum Gasteiger partial charge on any atom is -0.490 e. The van der Waals surface area contributed by atoms with Gasteiger partial charge in [0, 0.05) is 12.1 Å². The molecule has 10 nitrogen and oxygen atoms in total. The lowest BCUT2D eigenvalue weighted by Crippen LogP contribution is -2.11. The molecule has 4 rings (SSSR count). The fourth-order valence-electron chi connectivity index (χ4n) is 3.17. The molecule has 0 saturated heterocycles. The molecule has 0 spiro atoms. The summed E-state index contributed by atoms with van der Waals surface area (Å²) in [6.07, 6.45) is 1.57. The topological polar surface area (TPSA) is 132 Å². The molecule has 0 amide bonds. The van der Waals surface area contributed by atoms with Gasteiger partial charge in [0.1, 0.15) is 6.61 Å². The Balaban J connectivity index is 1.44. The molecule has 3 aromatic carbocycles. The van der Waals surface area contributed by atoms with Crippen LogP contribution >= 0.6 is 0 Å². The molecule has 0 aliphatic heterocycles. The number of aromatic nitrogens is 2. The summed E-state index contributed by atoms with van der Waals surface area (Å²) in [5.74, 6) is 1.30. The summed E-state index contributed by atoms with van der Waals surface area (Å²) in [5.41, 5.74) is 4.60. The number of hydrogen-bond acceptors (Lipinski definition) is 8. The van der Waals surface area contributed by atoms with E-state index in [0.29, 0.717) is 29.0 Å². The van der Waals surface area contributed by atoms with Crippen molar-refractivity contribution in [1.29, 1.82) is 0 Å². The molecule has 4 aromatic rings. The summed E-state index contributed by atoms with van der Waals surface area (Å²) in [5, 5.41) is 15.4. The van der Waals surface area contributed by atoms with E-state index in [2.05, 4.69) is 20.5 Å². The summed E-state index contributed by atoms with van der Waals surface area (Å²) in [6.45, 7) is 2.53. The van der Waals surface area contributed by atoms with Gasteiger partial charge in [-0.3, -0.25) is 19.9 Å². The molecule has 34 heavy (non-hydrogen) atoms. The lowest BCUT2D eigenvalue weighted by molar-refractivity contribution is -0.384. The van der Waals surface area contributed by atoms with Crippen LogP contribution in [0.2, 0.25) is 0 Å². The van der Waals surface area contributed by atoms with E-state index in [1.165, 1.54) is 12.1 Å². The van der Waals surface area contributed by atoms with Crippen LogP contribution in [0.25, 0.3) is 10.9 Å². The molecule has 0 unspecified atom stereocenters. The number of ether oxygens (including phenoxy) is 2. The second kappa shape index (κ2) is 10.3. The maximum Gasteiger partial charge on any atom is 0.269 e. The number of fused-ring (bicyclic) bond motifs is 1. The van der Waals surface area contributed by atoms with Gasteiger partial charge in [-0.15, -0.1) is 0 Å². The third kappa shape index (κ3) is 5.36. The number of nitro groups is 1. The van der Waals surface area contributed by atoms with Crippen LogP contribution < -0.4 is 20.5 Å². The number of hydrazone groups is 1. The molecule has 172 valence electrons. The predicted molar refractivity (Wildman–Crippen MR) is 129 cm³/mol. The maximum atomic E-state index is 12.1. The Morgan fingerprint density at radius 2 is 1.88 bits per heavy atom. The van der Waals surface area contributed by atoms with Gasteiger partial charge in [0.15, 0.2) is 11.5 Å². The van der Waals surface area contributed by atoms with E-state index in [9.17, 15) is 14.9 Å². The van der Waals surface area contributed by atoms with Crippen LogP contribution in [0.3, 0.4) is 0 Å². The Bertz CT molecular complexity index is 1400. The highest BCUT2D eigenvalue weighted by Crippen LogP contribution is 2.29. The third-order valence-electron chi connectivity index (χ3n) is 4.81. The number of aromatic amines is 1. The molecule has 0 fully saturated rings. The van der Waals surface area contributed by atoms with Gasteiger partial charge in [-0.1, -0.05) is 12.1 Å². The number of nitrogens with one attached hydrogen (secondary N) is 2. The maximum absolute atomic E-state index is 12.1. The zero-order valence-corrected chi connectivity index (χ0v) is 18.2. The monoisotopic (exact) mass is 459 g/mol. The fourth-order valence-corrected chi connectivity index (χ4v) is 3.17. The molecule has 0 aliphatic carbocycles. The van der Waals surface area contributed by atoms with Gasteiger partial charge in [0.2, 0.25) is 5.95 Å². The molecule has 1 heterocycles. The minimum absolute atomic E-state index is 0.0268. The molecule has 1 aromatic heterocycles. The summed E-state index contributed by atoms with van der Waals surface area (Å²) >= 11 is 0. The van der Waals surface area contributed by atoms with E-state index < -0.39 is 4.92 Å². The van der Waals surface area contributed by atoms with E-state index in [1.807, 2.05) is 13.0 Å². The average Bonchev–Trinajstić information content (AvgIpc) is 2.84. The van der Waals surface area contributed by atoms with E-state index in [4.69, 9.17) is 9.47 Å². The summed E-state index contributed by atoms with van der Waals surface area (Å²) in [4.78, 5) is 29.5. The first-order valence-corrected chi connectivity index (χ1v) is 10.4. The van der Waals surface area contributed by atoms with Crippen molar-refractivity contribution in [3.05, 3.63) is 98.3 Å². The Kier molecular flexibility index (Phi) is 6.78. The van der Waals surface area contributed by atoms with Gasteiger partial charge in [-0.05, 0) is 60.5 Å². The fraction of sp³-hybridized carbons (Fsp3) is 0.125. The average molecular weight is 459 g/mol. The summed E-state index contributed by atoms with van der Waals surface area (Å²) in [7, 11) is 0. The van der Waals surface area contributed by atoms with Crippen LogP contribution in [0.15, 0.2) is 76.6 Å². The second-order valence-corrected chi connectivity index (χ2v) is 7.15. The third-order valence-corrected chi connectivity index (χ3v) is 4.81. The highest BCUT2D eigenvalue weighted by Gasteiger charge is 2.08. The number of rotatable bonds is 9. The summed E-state index contributed by atoms with van der Waals surface area (Å²) < 4.78 is 11.5. The first kappa shape index (κ1) is 22.5. The van der Waals surface area contributed by atoms with E-state index >= 15 is 0 Å². The molecular formula is C24H21N5O5. The highest BCUT2D eigenvalue weighted by molar-refractivity contribution is 5.82. The summed E-state index contributed by atoms with van der Waals surface area (Å²) in [6, 6.07) is 18.5. The number of anilines is 1. The minimum atomic E-state index is -0.444. The first-order valence-electron chi connectivity index (χ1n) is 10.4. The standard InChI is InChI=1S/C24H21N5O5/c1-2-33-22-13-17(9-12-21(22)34-15-16-7-10-18(11-8-16)29(31)32)14-25-28-24-26-20-6-4-3-5-19(20)23(30)27-24/h3-14H,2,15H2,1H3,(H2,26,27,28,30)/b25-14-. The number of H-pyrrole nitrogens is 1. The van der Waals surface area contributed by atoms with Gasteiger partial charge in [-0.2, -0.15) is 5.10 Å². The predicted octanol–water partition coefficient (Wildman–Crippen LogP) is 4.26. The van der Waals surface area contributed by atoms with Crippen molar-refractivity contribution in [3.63, 3.8) is 0 Å².